The molecule has 0 aliphatic rings. The van der Waals surface area contributed by atoms with E-state index in [0.717, 1.165) is 28.9 Å². The summed E-state index contributed by atoms with van der Waals surface area (Å²) < 4.78 is 2.00. The molecule has 4 aromatic rings. The van der Waals surface area contributed by atoms with E-state index in [2.05, 4.69) is 32.7 Å². The minimum absolute atomic E-state index is 0.157. The van der Waals surface area contributed by atoms with Crippen molar-refractivity contribution < 1.29 is 5.11 Å². The Hall–Kier alpha value is -3.65. The molecule has 32 heavy (non-hydrogen) atoms. The third kappa shape index (κ3) is 4.81. The van der Waals surface area contributed by atoms with Gasteiger partial charge in [0.2, 0.25) is 5.95 Å². The van der Waals surface area contributed by atoms with Gasteiger partial charge in [-0.25, -0.2) is 4.98 Å². The van der Waals surface area contributed by atoms with Crippen LogP contribution >= 0.6 is 0 Å². The van der Waals surface area contributed by atoms with Crippen molar-refractivity contribution in [2.24, 2.45) is 0 Å². The second-order valence-electron chi connectivity index (χ2n) is 7.88. The van der Waals surface area contributed by atoms with Gasteiger partial charge in [-0.2, -0.15) is 9.97 Å². The maximum atomic E-state index is 10.1. The zero-order valence-corrected chi connectivity index (χ0v) is 18.4. The van der Waals surface area contributed by atoms with Gasteiger partial charge >= 0.3 is 0 Å². The second kappa shape index (κ2) is 9.65. The fourth-order valence-corrected chi connectivity index (χ4v) is 3.63. The number of para-hydroxylation sites is 1. The molecule has 0 saturated heterocycles. The third-order valence-electron chi connectivity index (χ3n) is 5.50. The molecule has 5 N–H and O–H groups in total. The van der Waals surface area contributed by atoms with E-state index < -0.39 is 6.10 Å². The number of imidazole rings is 1. The van der Waals surface area contributed by atoms with Crippen LogP contribution in [0.25, 0.3) is 11.2 Å². The molecule has 2 unspecified atom stereocenters. The first-order chi connectivity index (χ1) is 15.5. The van der Waals surface area contributed by atoms with Crippen molar-refractivity contribution in [2.45, 2.75) is 45.5 Å². The number of anilines is 3. The average Bonchev–Trinajstić information content (AvgIpc) is 3.20. The first kappa shape index (κ1) is 21.6. The Labute approximate surface area is 187 Å². The van der Waals surface area contributed by atoms with Crippen LogP contribution in [0, 0.1) is 0 Å². The summed E-state index contributed by atoms with van der Waals surface area (Å²) in [5.41, 5.74) is 10.4. The molecule has 2 heterocycles. The molecule has 2 aromatic heterocycles. The van der Waals surface area contributed by atoms with Crippen LogP contribution < -0.4 is 16.4 Å². The molecule has 2 atom stereocenters. The molecule has 8 nitrogen and oxygen atoms in total. The summed E-state index contributed by atoms with van der Waals surface area (Å²) in [6.45, 7) is 4.93. The predicted octanol–water partition coefficient (Wildman–Crippen LogP) is 3.64. The molecule has 4 rings (SSSR count). The van der Waals surface area contributed by atoms with E-state index in [0.29, 0.717) is 30.4 Å². The predicted molar refractivity (Wildman–Crippen MR) is 128 cm³/mol. The Balaban J connectivity index is 1.70. The number of aliphatic hydroxyl groups is 1. The fourth-order valence-electron chi connectivity index (χ4n) is 3.63. The molecule has 8 heteroatoms. The monoisotopic (exact) mass is 431 g/mol. The van der Waals surface area contributed by atoms with Gasteiger partial charge in [0.15, 0.2) is 17.0 Å². The van der Waals surface area contributed by atoms with Crippen LogP contribution in [0.4, 0.5) is 17.5 Å². The largest absolute Gasteiger partial charge is 0.398 e. The van der Waals surface area contributed by atoms with Crippen LogP contribution in [0.2, 0.25) is 0 Å². The number of fused-ring (bicyclic) bond motifs is 1. The number of nitrogens with zero attached hydrogens (tertiary/aromatic N) is 4. The van der Waals surface area contributed by atoms with Gasteiger partial charge < -0.3 is 26.0 Å². The fraction of sp³-hybridized carbons (Fsp3) is 0.292. The summed E-state index contributed by atoms with van der Waals surface area (Å²) in [7, 11) is 0. The number of aromatic nitrogens is 4. The van der Waals surface area contributed by atoms with E-state index in [1.54, 1.807) is 13.3 Å². The number of nitrogens with one attached hydrogen (secondary N) is 2. The maximum Gasteiger partial charge on any atom is 0.227 e. The third-order valence-corrected chi connectivity index (χ3v) is 5.50. The van der Waals surface area contributed by atoms with Crippen LogP contribution in [0.1, 0.15) is 31.4 Å². The highest BCUT2D eigenvalue weighted by Crippen LogP contribution is 2.24. The highest BCUT2D eigenvalue weighted by atomic mass is 16.3. The Bertz CT molecular complexity index is 1170. The molecule has 0 aliphatic carbocycles. The van der Waals surface area contributed by atoms with Gasteiger partial charge in [-0.05, 0) is 30.5 Å². The summed E-state index contributed by atoms with van der Waals surface area (Å²) >= 11 is 0. The van der Waals surface area contributed by atoms with E-state index >= 15 is 0 Å². The van der Waals surface area contributed by atoms with Crippen molar-refractivity contribution in [1.29, 1.82) is 0 Å². The number of nitrogen functional groups attached to an aromatic ring is 1. The summed E-state index contributed by atoms with van der Waals surface area (Å²) in [5.74, 6) is 1.07. The summed E-state index contributed by atoms with van der Waals surface area (Å²) in [4.78, 5) is 14.0. The molecule has 0 aliphatic heterocycles. The zero-order valence-electron chi connectivity index (χ0n) is 18.4. The van der Waals surface area contributed by atoms with Gasteiger partial charge in [-0.15, -0.1) is 0 Å². The van der Waals surface area contributed by atoms with E-state index in [-0.39, 0.29) is 6.04 Å². The van der Waals surface area contributed by atoms with Crippen LogP contribution in [0.3, 0.4) is 0 Å². The topological polar surface area (TPSA) is 114 Å². The number of benzene rings is 2. The van der Waals surface area contributed by atoms with Crippen molar-refractivity contribution in [1.82, 2.24) is 19.5 Å². The van der Waals surface area contributed by atoms with Crippen molar-refractivity contribution >= 4 is 28.6 Å². The van der Waals surface area contributed by atoms with Crippen molar-refractivity contribution in [2.75, 3.05) is 16.4 Å². The number of aliphatic hydroxyl groups excluding tert-OH is 1. The van der Waals surface area contributed by atoms with Crippen LogP contribution in [-0.4, -0.2) is 36.8 Å². The molecule has 2 aromatic carbocycles. The Morgan fingerprint density at radius 1 is 1.06 bits per heavy atom. The first-order valence-corrected chi connectivity index (χ1v) is 10.8. The van der Waals surface area contributed by atoms with Crippen LogP contribution in [-0.2, 0) is 13.1 Å². The minimum atomic E-state index is -0.533. The van der Waals surface area contributed by atoms with E-state index in [1.165, 1.54) is 0 Å². The number of hydrogen-bond donors (Lipinski definition) is 4. The van der Waals surface area contributed by atoms with Gasteiger partial charge in [-0.1, -0.05) is 55.5 Å². The normalized spacial score (nSPS) is 13.1. The smallest absolute Gasteiger partial charge is 0.227 e. The highest BCUT2D eigenvalue weighted by Gasteiger charge is 2.18. The zero-order chi connectivity index (χ0) is 22.5. The highest BCUT2D eigenvalue weighted by molar-refractivity contribution is 5.84. The molecule has 166 valence electrons. The SMILES string of the molecule is CCC(Nc1nc(NCc2ccccc2N)c2ncn(Cc3ccccc3)c2n1)C(C)O. The summed E-state index contributed by atoms with van der Waals surface area (Å²) in [6, 6.07) is 17.7. The lowest BCUT2D eigenvalue weighted by Gasteiger charge is -2.20. The Kier molecular flexibility index (Phi) is 6.51. The number of hydrogen-bond acceptors (Lipinski definition) is 7. The van der Waals surface area contributed by atoms with Gasteiger partial charge in [-0.3, -0.25) is 0 Å². The van der Waals surface area contributed by atoms with E-state index in [9.17, 15) is 5.11 Å². The van der Waals surface area contributed by atoms with Crippen molar-refractivity contribution in [3.05, 3.63) is 72.1 Å². The maximum absolute atomic E-state index is 10.1. The molecular weight excluding hydrogens is 402 g/mol. The molecule has 0 spiro atoms. The quantitative estimate of drug-likeness (QED) is 0.299. The number of rotatable bonds is 9. The van der Waals surface area contributed by atoms with Crippen LogP contribution in [0.15, 0.2) is 60.9 Å². The molecule has 0 bridgehead atoms. The summed E-state index contributed by atoms with van der Waals surface area (Å²) in [6.07, 6.45) is 1.99. The van der Waals surface area contributed by atoms with Gasteiger partial charge in [0.1, 0.15) is 0 Å². The minimum Gasteiger partial charge on any atom is -0.398 e. The molecular formula is C24H29N7O. The first-order valence-electron chi connectivity index (χ1n) is 10.8. The van der Waals surface area contributed by atoms with Crippen molar-refractivity contribution in [3.8, 4) is 0 Å². The molecule has 0 radical (unpaired) electrons. The van der Waals surface area contributed by atoms with Gasteiger partial charge in [0.25, 0.3) is 0 Å². The second-order valence-corrected chi connectivity index (χ2v) is 7.88. The summed E-state index contributed by atoms with van der Waals surface area (Å²) in [5, 5.41) is 16.7. The van der Waals surface area contributed by atoms with Crippen molar-refractivity contribution in [3.63, 3.8) is 0 Å². The Morgan fingerprint density at radius 3 is 2.53 bits per heavy atom. The lowest BCUT2D eigenvalue weighted by Crippen LogP contribution is -2.31. The number of nitrogens with two attached hydrogens (primary N) is 1. The average molecular weight is 432 g/mol. The lowest BCUT2D eigenvalue weighted by molar-refractivity contribution is 0.169. The molecule has 0 fully saturated rings. The Morgan fingerprint density at radius 2 is 1.81 bits per heavy atom. The lowest BCUT2D eigenvalue weighted by atomic mass is 10.1. The molecule has 0 amide bonds. The van der Waals surface area contributed by atoms with Crippen LogP contribution in [0.5, 0.6) is 0 Å². The van der Waals surface area contributed by atoms with E-state index in [1.807, 2.05) is 54.0 Å². The van der Waals surface area contributed by atoms with Gasteiger partial charge in [0, 0.05) is 12.2 Å². The molecule has 0 saturated carbocycles. The standard InChI is InChI=1S/C24H29N7O/c1-3-20(16(2)32)28-24-29-22(26-13-18-11-7-8-12-19(18)25)21-23(30-24)31(15-27-21)14-17-9-5-4-6-10-17/h4-12,15-16,20,32H,3,13-14,25H2,1-2H3,(H2,26,28,29,30). The van der Waals surface area contributed by atoms with Gasteiger partial charge in [0.05, 0.1) is 25.0 Å². The van der Waals surface area contributed by atoms with E-state index in [4.69, 9.17) is 10.7 Å².